The van der Waals surface area contributed by atoms with Gasteiger partial charge in [-0.05, 0) is 0 Å². The van der Waals surface area contributed by atoms with E-state index in [0.717, 1.165) is 12.8 Å². The molecular formula is C12H21O6W-3. The molecule has 0 aliphatic carbocycles. The molecule has 0 saturated carbocycles. The summed E-state index contributed by atoms with van der Waals surface area (Å²) < 4.78 is 0. The van der Waals surface area contributed by atoms with Crippen molar-refractivity contribution in [1.29, 1.82) is 0 Å². The Morgan fingerprint density at radius 1 is 1.00 bits per heavy atom. The Labute approximate surface area is 128 Å². The zero-order valence-electron chi connectivity index (χ0n) is 11.0. The van der Waals surface area contributed by atoms with Gasteiger partial charge in [-0.15, -0.1) is 0 Å². The minimum Gasteiger partial charge on any atom is -0.503 e. The monoisotopic (exact) mass is 445 g/mol. The predicted molar refractivity (Wildman–Crippen MR) is 66.7 cm³/mol. The van der Waals surface area contributed by atoms with Gasteiger partial charge < -0.3 is 21.7 Å². The van der Waals surface area contributed by atoms with Gasteiger partial charge in [0.25, 0.3) is 5.97 Å². The predicted octanol–water partition coefficient (Wildman–Crippen LogP) is 2.05. The van der Waals surface area contributed by atoms with E-state index in [0.29, 0.717) is 0 Å². The fraction of sp³-hybridized carbons (Fsp3) is 0.500. The Hall–Kier alpha value is -1.16. The molecule has 6 nitrogen and oxygen atoms in total. The molecule has 0 bridgehead atoms. The normalized spacial score (nSPS) is 7.63. The average molecular weight is 445 g/mol. The van der Waals surface area contributed by atoms with Crippen molar-refractivity contribution in [3.63, 3.8) is 0 Å². The number of carboxylic acid groups (broad SMARTS) is 3. The molecule has 0 heterocycles. The molecule has 0 aromatic rings. The molecular weight excluding hydrogens is 424 g/mol. The van der Waals surface area contributed by atoms with Gasteiger partial charge in [-0.3, -0.25) is 28.2 Å². The first-order valence-corrected chi connectivity index (χ1v) is 5.37. The third kappa shape index (κ3) is 109. The largest absolute Gasteiger partial charge is 0.503 e. The van der Waals surface area contributed by atoms with Crippen molar-refractivity contribution in [2.75, 3.05) is 0 Å². The van der Waals surface area contributed by atoms with Gasteiger partial charge in [0, 0.05) is 21.1 Å². The standard InChI is InChI=1S/C8H15O2.2C2H3O2.W/c1-2-3-4-5-6-7-8(9)10;2*1-2(3)4;/h6H,2-5,7H2,1H3,(H,9,10);2*1H2,(H,3,4);/q3*-1;. The van der Waals surface area contributed by atoms with Crippen molar-refractivity contribution < 1.29 is 50.8 Å². The summed E-state index contributed by atoms with van der Waals surface area (Å²) >= 11 is 0. The van der Waals surface area contributed by atoms with E-state index in [2.05, 4.69) is 20.8 Å². The molecule has 0 aliphatic rings. The number of hydrogen-bond acceptors (Lipinski definition) is 3. The molecule has 0 saturated heterocycles. The van der Waals surface area contributed by atoms with Crippen molar-refractivity contribution in [1.82, 2.24) is 0 Å². The van der Waals surface area contributed by atoms with Crippen molar-refractivity contribution in [2.45, 2.75) is 39.0 Å². The number of unbranched alkanes of at least 4 members (excludes halogenated alkanes) is 4. The molecule has 0 aromatic heterocycles. The summed E-state index contributed by atoms with van der Waals surface area (Å²) in [6.07, 6.45) is 6.52. The van der Waals surface area contributed by atoms with Crippen LogP contribution >= 0.6 is 0 Å². The minimum atomic E-state index is -1.08. The van der Waals surface area contributed by atoms with Crippen LogP contribution in [0.2, 0.25) is 0 Å². The fourth-order valence-electron chi connectivity index (χ4n) is 0.764. The van der Waals surface area contributed by atoms with Crippen LogP contribution in [0, 0.1) is 20.3 Å². The van der Waals surface area contributed by atoms with Crippen molar-refractivity contribution in [3.05, 3.63) is 20.3 Å². The SMILES string of the molecule is CCCCC[CH-]CC(=O)O.[CH2-]C(=O)O.[CH2-]C(=O)O.[W]. The summed E-state index contributed by atoms with van der Waals surface area (Å²) in [5.74, 6) is -2.89. The molecule has 0 spiro atoms. The fourth-order valence-corrected chi connectivity index (χ4v) is 0.764. The van der Waals surface area contributed by atoms with E-state index in [4.69, 9.17) is 24.9 Å². The Bertz CT molecular complexity index is 210. The van der Waals surface area contributed by atoms with Crippen LogP contribution in [0.25, 0.3) is 0 Å². The maximum atomic E-state index is 10.0. The maximum Gasteiger partial charge on any atom is 0.273 e. The van der Waals surface area contributed by atoms with Crippen LogP contribution < -0.4 is 0 Å². The van der Waals surface area contributed by atoms with E-state index >= 15 is 0 Å². The van der Waals surface area contributed by atoms with Gasteiger partial charge in [0.15, 0.2) is 11.9 Å². The third-order valence-electron chi connectivity index (χ3n) is 1.33. The summed E-state index contributed by atoms with van der Waals surface area (Å²) in [7, 11) is 0. The van der Waals surface area contributed by atoms with E-state index in [1.54, 1.807) is 0 Å². The van der Waals surface area contributed by atoms with E-state index < -0.39 is 17.9 Å². The second-order valence-electron chi connectivity index (χ2n) is 3.17. The van der Waals surface area contributed by atoms with Crippen LogP contribution in [0.4, 0.5) is 0 Å². The van der Waals surface area contributed by atoms with Crippen molar-refractivity contribution in [3.8, 4) is 0 Å². The summed E-state index contributed by atoms with van der Waals surface area (Å²) in [4.78, 5) is 27.8. The number of hydrogen-bond donors (Lipinski definition) is 3. The zero-order valence-corrected chi connectivity index (χ0v) is 13.9. The molecule has 114 valence electrons. The zero-order chi connectivity index (χ0) is 15.0. The summed E-state index contributed by atoms with van der Waals surface area (Å²) in [6, 6.07) is 0. The average Bonchev–Trinajstić information content (AvgIpc) is 2.15. The van der Waals surface area contributed by atoms with Gasteiger partial charge in [0.2, 0.25) is 0 Å². The summed E-state index contributed by atoms with van der Waals surface area (Å²) in [5.41, 5.74) is 0. The quantitative estimate of drug-likeness (QED) is 0.427. The number of rotatable bonds is 6. The first kappa shape index (κ1) is 26.4. The minimum absolute atomic E-state index is 0. The van der Waals surface area contributed by atoms with Gasteiger partial charge in [0.05, 0.1) is 0 Å². The molecule has 0 atom stereocenters. The summed E-state index contributed by atoms with van der Waals surface area (Å²) in [6.45, 7) is 7.25. The van der Waals surface area contributed by atoms with Gasteiger partial charge in [-0.1, -0.05) is 32.6 Å². The van der Waals surface area contributed by atoms with E-state index in [-0.39, 0.29) is 27.5 Å². The number of carboxylic acids is 3. The van der Waals surface area contributed by atoms with E-state index in [1.807, 2.05) is 6.42 Å². The van der Waals surface area contributed by atoms with Gasteiger partial charge in [-0.25, -0.2) is 0 Å². The van der Waals surface area contributed by atoms with Gasteiger partial charge in [-0.2, -0.15) is 6.42 Å². The Balaban J connectivity index is -0.000000105. The molecule has 0 aromatic carbocycles. The molecule has 0 unspecified atom stereocenters. The topological polar surface area (TPSA) is 112 Å². The summed E-state index contributed by atoms with van der Waals surface area (Å²) in [5, 5.41) is 22.8. The Kier molecular flexibility index (Phi) is 30.7. The molecule has 3 N–H and O–H groups in total. The Morgan fingerprint density at radius 3 is 1.63 bits per heavy atom. The van der Waals surface area contributed by atoms with Crippen molar-refractivity contribution in [2.24, 2.45) is 0 Å². The Morgan fingerprint density at radius 2 is 1.37 bits per heavy atom. The molecule has 0 fully saturated rings. The molecule has 19 heavy (non-hydrogen) atoms. The molecule has 0 aliphatic heterocycles. The second kappa shape index (κ2) is 22.1. The smallest absolute Gasteiger partial charge is 0.273 e. The van der Waals surface area contributed by atoms with Gasteiger partial charge in [0.1, 0.15) is 0 Å². The third-order valence-corrected chi connectivity index (χ3v) is 1.33. The van der Waals surface area contributed by atoms with Crippen LogP contribution in [-0.4, -0.2) is 33.2 Å². The molecule has 0 amide bonds. The van der Waals surface area contributed by atoms with E-state index in [9.17, 15) is 4.79 Å². The number of aliphatic carboxylic acids is 3. The molecule has 0 rings (SSSR count). The van der Waals surface area contributed by atoms with Crippen LogP contribution in [0.5, 0.6) is 0 Å². The maximum absolute atomic E-state index is 10.0. The first-order valence-electron chi connectivity index (χ1n) is 5.37. The molecule has 0 radical (unpaired) electrons. The van der Waals surface area contributed by atoms with Crippen LogP contribution in [-0.2, 0) is 35.4 Å². The number of carbonyl (C=O) groups is 3. The van der Waals surface area contributed by atoms with Gasteiger partial charge >= 0.3 is 0 Å². The van der Waals surface area contributed by atoms with Crippen LogP contribution in [0.3, 0.4) is 0 Å². The van der Waals surface area contributed by atoms with Crippen LogP contribution in [0.15, 0.2) is 0 Å². The van der Waals surface area contributed by atoms with Crippen molar-refractivity contribution >= 4 is 17.9 Å². The van der Waals surface area contributed by atoms with Crippen LogP contribution in [0.1, 0.15) is 39.0 Å². The second-order valence-corrected chi connectivity index (χ2v) is 3.17. The van der Waals surface area contributed by atoms with E-state index in [1.165, 1.54) is 12.8 Å². The molecule has 7 heteroatoms. The first-order chi connectivity index (χ1) is 8.23.